The predicted octanol–water partition coefficient (Wildman–Crippen LogP) is 3.00. The summed E-state index contributed by atoms with van der Waals surface area (Å²) in [6.45, 7) is 2.95. The van der Waals surface area contributed by atoms with Gasteiger partial charge in [-0.2, -0.15) is 5.26 Å². The molecule has 1 heterocycles. The van der Waals surface area contributed by atoms with Crippen LogP contribution in [0.25, 0.3) is 0 Å². The average molecular weight is 273 g/mol. The molecule has 3 nitrogen and oxygen atoms in total. The van der Waals surface area contributed by atoms with Crippen molar-refractivity contribution in [2.45, 2.75) is 17.7 Å². The Balaban J connectivity index is 1.96. The van der Waals surface area contributed by atoms with Gasteiger partial charge in [-0.1, -0.05) is 17.7 Å². The van der Waals surface area contributed by atoms with Crippen molar-refractivity contribution in [1.29, 1.82) is 5.26 Å². The van der Waals surface area contributed by atoms with Crippen molar-refractivity contribution < 1.29 is 0 Å². The number of nitriles is 1. The standard InChI is InChI=1S/C15H19N3S/c1-19-15-4-2-3-14(13(15)11-16)18-10-7-12-5-8-17-9-6-12/h2-5,17-18H,6-10H2,1H3. The third-order valence-electron chi connectivity index (χ3n) is 3.28. The van der Waals surface area contributed by atoms with Gasteiger partial charge in [-0.15, -0.1) is 11.8 Å². The van der Waals surface area contributed by atoms with Gasteiger partial charge in [0.25, 0.3) is 0 Å². The van der Waals surface area contributed by atoms with Gasteiger partial charge in [0, 0.05) is 18.0 Å². The summed E-state index contributed by atoms with van der Waals surface area (Å²) in [5, 5.41) is 16.0. The molecule has 1 aromatic rings. The van der Waals surface area contributed by atoms with Crippen molar-refractivity contribution in [3.8, 4) is 6.07 Å². The Kier molecular flexibility index (Phi) is 5.31. The van der Waals surface area contributed by atoms with Crippen LogP contribution in [0.5, 0.6) is 0 Å². The number of rotatable bonds is 5. The molecular formula is C15H19N3S. The summed E-state index contributed by atoms with van der Waals surface area (Å²) in [5.74, 6) is 0. The van der Waals surface area contributed by atoms with Gasteiger partial charge in [0.1, 0.15) is 6.07 Å². The van der Waals surface area contributed by atoms with E-state index in [0.29, 0.717) is 0 Å². The maximum absolute atomic E-state index is 9.26. The van der Waals surface area contributed by atoms with E-state index >= 15 is 0 Å². The highest BCUT2D eigenvalue weighted by molar-refractivity contribution is 7.98. The van der Waals surface area contributed by atoms with E-state index in [2.05, 4.69) is 22.8 Å². The van der Waals surface area contributed by atoms with Crippen molar-refractivity contribution in [3.05, 3.63) is 35.4 Å². The minimum absolute atomic E-state index is 0.759. The van der Waals surface area contributed by atoms with E-state index in [-0.39, 0.29) is 0 Å². The fraction of sp³-hybridized carbons (Fsp3) is 0.400. The van der Waals surface area contributed by atoms with Crippen molar-refractivity contribution in [2.24, 2.45) is 0 Å². The van der Waals surface area contributed by atoms with Crippen LogP contribution in [0, 0.1) is 11.3 Å². The zero-order chi connectivity index (χ0) is 13.5. The second kappa shape index (κ2) is 7.22. The molecule has 2 rings (SSSR count). The summed E-state index contributed by atoms with van der Waals surface area (Å²) in [6.07, 6.45) is 6.46. The molecule has 100 valence electrons. The zero-order valence-corrected chi connectivity index (χ0v) is 12.0. The maximum Gasteiger partial charge on any atom is 0.102 e. The second-order valence-corrected chi connectivity index (χ2v) is 5.34. The van der Waals surface area contributed by atoms with Crippen molar-refractivity contribution >= 4 is 17.4 Å². The number of hydrogen-bond donors (Lipinski definition) is 2. The molecule has 0 bridgehead atoms. The van der Waals surface area contributed by atoms with Crippen LogP contribution in [-0.2, 0) is 0 Å². The Bertz CT molecular complexity index is 503. The molecule has 0 aliphatic carbocycles. The first-order valence-electron chi connectivity index (χ1n) is 6.54. The van der Waals surface area contributed by atoms with Crippen LogP contribution in [0.4, 0.5) is 5.69 Å². The molecule has 0 aromatic heterocycles. The molecule has 0 radical (unpaired) electrons. The highest BCUT2D eigenvalue weighted by Crippen LogP contribution is 2.26. The average Bonchev–Trinajstić information content (AvgIpc) is 2.48. The highest BCUT2D eigenvalue weighted by Gasteiger charge is 2.07. The Labute approximate surface area is 119 Å². The smallest absolute Gasteiger partial charge is 0.102 e. The monoisotopic (exact) mass is 273 g/mol. The van der Waals surface area contributed by atoms with Gasteiger partial charge in [0.15, 0.2) is 0 Å². The molecule has 1 aliphatic rings. The largest absolute Gasteiger partial charge is 0.384 e. The predicted molar refractivity (Wildman–Crippen MR) is 81.6 cm³/mol. The van der Waals surface area contributed by atoms with Gasteiger partial charge in [-0.05, 0) is 37.8 Å². The molecule has 4 heteroatoms. The van der Waals surface area contributed by atoms with Crippen LogP contribution in [-0.4, -0.2) is 25.9 Å². The molecule has 0 saturated heterocycles. The number of anilines is 1. The first kappa shape index (κ1) is 14.0. The van der Waals surface area contributed by atoms with Crippen LogP contribution < -0.4 is 10.6 Å². The maximum atomic E-state index is 9.26. The van der Waals surface area contributed by atoms with E-state index < -0.39 is 0 Å². The lowest BCUT2D eigenvalue weighted by molar-refractivity contribution is 0.683. The van der Waals surface area contributed by atoms with Crippen LogP contribution in [0.2, 0.25) is 0 Å². The first-order chi connectivity index (χ1) is 9.35. The van der Waals surface area contributed by atoms with E-state index in [1.54, 1.807) is 11.8 Å². The van der Waals surface area contributed by atoms with Gasteiger partial charge in [-0.25, -0.2) is 0 Å². The van der Waals surface area contributed by atoms with E-state index in [4.69, 9.17) is 0 Å². The molecule has 19 heavy (non-hydrogen) atoms. The quantitative estimate of drug-likeness (QED) is 0.639. The molecule has 0 atom stereocenters. The Morgan fingerprint density at radius 1 is 1.47 bits per heavy atom. The minimum atomic E-state index is 0.759. The van der Waals surface area contributed by atoms with Crippen LogP contribution in [0.15, 0.2) is 34.7 Å². The number of benzene rings is 1. The van der Waals surface area contributed by atoms with Crippen LogP contribution >= 0.6 is 11.8 Å². The lowest BCUT2D eigenvalue weighted by atomic mass is 10.1. The molecule has 1 aliphatic heterocycles. The molecule has 1 aromatic carbocycles. The molecule has 0 fully saturated rings. The summed E-state index contributed by atoms with van der Waals surface area (Å²) >= 11 is 1.61. The van der Waals surface area contributed by atoms with Crippen molar-refractivity contribution in [3.63, 3.8) is 0 Å². The fourth-order valence-electron chi connectivity index (χ4n) is 2.22. The van der Waals surface area contributed by atoms with Gasteiger partial charge >= 0.3 is 0 Å². The topological polar surface area (TPSA) is 47.8 Å². The molecule has 0 unspecified atom stereocenters. The van der Waals surface area contributed by atoms with E-state index in [1.807, 2.05) is 24.5 Å². The summed E-state index contributed by atoms with van der Waals surface area (Å²) in [5.41, 5.74) is 3.21. The highest BCUT2D eigenvalue weighted by atomic mass is 32.2. The van der Waals surface area contributed by atoms with Crippen LogP contribution in [0.3, 0.4) is 0 Å². The SMILES string of the molecule is CSc1cccc(NCCC2=CCNCC2)c1C#N. The van der Waals surface area contributed by atoms with Crippen LogP contribution in [0.1, 0.15) is 18.4 Å². The Hall–Kier alpha value is -1.44. The number of hydrogen-bond acceptors (Lipinski definition) is 4. The normalized spacial score (nSPS) is 14.6. The summed E-state index contributed by atoms with van der Waals surface area (Å²) in [4.78, 5) is 1.04. The summed E-state index contributed by atoms with van der Waals surface area (Å²) in [6, 6.07) is 8.27. The third kappa shape index (κ3) is 3.76. The molecule has 0 spiro atoms. The number of nitrogens with zero attached hydrogens (tertiary/aromatic N) is 1. The molecule has 0 amide bonds. The minimum Gasteiger partial charge on any atom is -0.384 e. The fourth-order valence-corrected chi connectivity index (χ4v) is 2.79. The van der Waals surface area contributed by atoms with Gasteiger partial charge in [0.05, 0.1) is 11.3 Å². The van der Waals surface area contributed by atoms with Gasteiger partial charge in [-0.3, -0.25) is 0 Å². The van der Waals surface area contributed by atoms with Crippen molar-refractivity contribution in [1.82, 2.24) is 5.32 Å². The molecule has 2 N–H and O–H groups in total. The third-order valence-corrected chi connectivity index (χ3v) is 4.06. The lowest BCUT2D eigenvalue weighted by Gasteiger charge is -2.15. The van der Waals surface area contributed by atoms with Gasteiger partial charge < -0.3 is 10.6 Å². The molecule has 0 saturated carbocycles. The lowest BCUT2D eigenvalue weighted by Crippen LogP contribution is -2.21. The van der Waals surface area contributed by atoms with E-state index in [9.17, 15) is 5.26 Å². The second-order valence-electron chi connectivity index (χ2n) is 4.49. The summed E-state index contributed by atoms with van der Waals surface area (Å²) in [7, 11) is 0. The summed E-state index contributed by atoms with van der Waals surface area (Å²) < 4.78 is 0. The van der Waals surface area contributed by atoms with E-state index in [1.165, 1.54) is 5.57 Å². The zero-order valence-electron chi connectivity index (χ0n) is 11.2. The number of thioether (sulfide) groups is 1. The Morgan fingerprint density at radius 3 is 3.05 bits per heavy atom. The van der Waals surface area contributed by atoms with Crippen molar-refractivity contribution in [2.75, 3.05) is 31.2 Å². The number of nitrogens with one attached hydrogen (secondary N) is 2. The first-order valence-corrected chi connectivity index (χ1v) is 7.77. The van der Waals surface area contributed by atoms with Gasteiger partial charge in [0.2, 0.25) is 0 Å². The Morgan fingerprint density at radius 2 is 2.37 bits per heavy atom. The molecular weight excluding hydrogens is 254 g/mol. The van der Waals surface area contributed by atoms with E-state index in [0.717, 1.165) is 48.6 Å².